The van der Waals surface area contributed by atoms with E-state index in [0.717, 1.165) is 32.1 Å². The molecule has 0 aromatic heterocycles. The Labute approximate surface area is 407 Å². The number of hydrogen-bond acceptors (Lipinski definition) is 10. The quantitative estimate of drug-likeness (QED) is 0.0234. The van der Waals surface area contributed by atoms with Crippen LogP contribution in [0.5, 0.6) is 34.5 Å². The summed E-state index contributed by atoms with van der Waals surface area (Å²) in [5, 5.41) is 0. The van der Waals surface area contributed by atoms with E-state index in [2.05, 4.69) is 13.8 Å². The van der Waals surface area contributed by atoms with Gasteiger partial charge in [-0.3, -0.25) is 0 Å². The molecule has 0 atom stereocenters. The molecule has 10 nitrogen and oxygen atoms in total. The minimum absolute atomic E-state index is 0.0862. The zero-order chi connectivity index (χ0) is 48.9. The fourth-order valence-corrected chi connectivity index (χ4v) is 7.58. The second-order valence-electron chi connectivity index (χ2n) is 17.3. The first-order chi connectivity index (χ1) is 33.7. The number of rotatable bonds is 32. The van der Waals surface area contributed by atoms with Crippen molar-refractivity contribution >= 4 is 23.9 Å². The van der Waals surface area contributed by atoms with E-state index in [1.54, 1.807) is 24.3 Å². The summed E-state index contributed by atoms with van der Waals surface area (Å²) in [5.74, 6) is -1.89. The maximum atomic E-state index is 14.9. The monoisotopic (exact) mass is 944 g/mol. The van der Waals surface area contributed by atoms with Crippen LogP contribution in [0.4, 0.5) is 4.39 Å². The van der Waals surface area contributed by atoms with Crippen LogP contribution in [-0.4, -0.2) is 37.1 Å². The van der Waals surface area contributed by atoms with Crippen LogP contribution in [-0.2, 0) is 0 Å². The summed E-state index contributed by atoms with van der Waals surface area (Å²) in [6.07, 6.45) is 24.7. The van der Waals surface area contributed by atoms with E-state index >= 15 is 0 Å². The lowest BCUT2D eigenvalue weighted by molar-refractivity contribution is 0.0712. The molecular weight excluding hydrogens is 876 g/mol. The number of halogens is 1. The lowest BCUT2D eigenvalue weighted by Gasteiger charge is -2.10. The van der Waals surface area contributed by atoms with E-state index in [0.29, 0.717) is 30.5 Å². The van der Waals surface area contributed by atoms with Gasteiger partial charge in [-0.2, -0.15) is 0 Å². The number of carbonyl (C=O) groups excluding carboxylic acids is 4. The smallest absolute Gasteiger partial charge is 0.346 e. The highest BCUT2D eigenvalue weighted by molar-refractivity contribution is 5.95. The van der Waals surface area contributed by atoms with Gasteiger partial charge in [0.15, 0.2) is 0 Å². The molecule has 0 radical (unpaired) electrons. The Morgan fingerprint density at radius 3 is 1.17 bits per heavy atom. The molecule has 0 aliphatic heterocycles. The minimum Gasteiger partial charge on any atom is -0.494 e. The average Bonchev–Trinajstić information content (AvgIpc) is 3.36. The Bertz CT molecular complexity index is 2310. The Morgan fingerprint density at radius 1 is 0.348 bits per heavy atom. The van der Waals surface area contributed by atoms with E-state index in [9.17, 15) is 23.6 Å². The lowest BCUT2D eigenvalue weighted by atomic mass is 10.1. The third-order valence-electron chi connectivity index (χ3n) is 11.6. The van der Waals surface area contributed by atoms with Gasteiger partial charge in [0.2, 0.25) is 0 Å². The number of hydrogen-bond donors (Lipinski definition) is 0. The van der Waals surface area contributed by atoms with E-state index in [1.807, 2.05) is 0 Å². The van der Waals surface area contributed by atoms with E-state index in [-0.39, 0.29) is 39.5 Å². The van der Waals surface area contributed by atoms with Crippen LogP contribution < -0.4 is 28.4 Å². The highest BCUT2D eigenvalue weighted by atomic mass is 19.1. The van der Waals surface area contributed by atoms with Crippen LogP contribution in [0.3, 0.4) is 0 Å². The van der Waals surface area contributed by atoms with E-state index < -0.39 is 29.7 Å². The normalized spacial score (nSPS) is 10.9. The maximum absolute atomic E-state index is 14.9. The molecule has 69 heavy (non-hydrogen) atoms. The van der Waals surface area contributed by atoms with Crippen molar-refractivity contribution in [2.45, 2.75) is 142 Å². The number of benzene rings is 5. The molecule has 0 aliphatic rings. The molecule has 5 rings (SSSR count). The van der Waals surface area contributed by atoms with Crippen molar-refractivity contribution in [3.8, 4) is 34.5 Å². The fourth-order valence-electron chi connectivity index (χ4n) is 7.58. The van der Waals surface area contributed by atoms with Gasteiger partial charge < -0.3 is 28.4 Å². The summed E-state index contributed by atoms with van der Waals surface area (Å²) >= 11 is 0. The molecule has 5 aromatic carbocycles. The van der Waals surface area contributed by atoms with Crippen molar-refractivity contribution < 1.29 is 52.0 Å². The molecule has 0 saturated heterocycles. The molecule has 0 saturated carbocycles. The van der Waals surface area contributed by atoms with Crippen molar-refractivity contribution in [3.63, 3.8) is 0 Å². The number of unbranched alkanes of at least 4 members (excludes halogenated alkanes) is 18. The molecule has 0 fully saturated rings. The van der Waals surface area contributed by atoms with Gasteiger partial charge in [-0.05, 0) is 116 Å². The lowest BCUT2D eigenvalue weighted by Crippen LogP contribution is -2.12. The molecule has 0 bridgehead atoms. The number of ether oxygens (including phenoxy) is 6. The first-order valence-corrected chi connectivity index (χ1v) is 25.1. The van der Waals surface area contributed by atoms with E-state index in [1.165, 1.54) is 187 Å². The Hall–Kier alpha value is -6.49. The molecule has 368 valence electrons. The maximum Gasteiger partial charge on any atom is 0.346 e. The zero-order valence-electron chi connectivity index (χ0n) is 40.5. The summed E-state index contributed by atoms with van der Waals surface area (Å²) in [7, 11) is 0. The molecular formula is C58H69FO10. The van der Waals surface area contributed by atoms with Crippen molar-refractivity contribution in [3.05, 3.63) is 143 Å². The summed E-state index contributed by atoms with van der Waals surface area (Å²) in [6.45, 7) is 5.58. The van der Waals surface area contributed by atoms with Gasteiger partial charge in [0, 0.05) is 6.07 Å². The highest BCUT2D eigenvalue weighted by Gasteiger charge is 2.18. The van der Waals surface area contributed by atoms with Crippen LogP contribution >= 0.6 is 0 Å². The Morgan fingerprint density at radius 2 is 0.710 bits per heavy atom. The van der Waals surface area contributed by atoms with Gasteiger partial charge in [-0.15, -0.1) is 0 Å². The summed E-state index contributed by atoms with van der Waals surface area (Å²) in [5.41, 5.74) is 0.258. The van der Waals surface area contributed by atoms with Crippen LogP contribution in [0.1, 0.15) is 184 Å². The number of esters is 4. The largest absolute Gasteiger partial charge is 0.494 e. The van der Waals surface area contributed by atoms with Crippen LogP contribution in [0.25, 0.3) is 0 Å². The molecule has 11 heteroatoms. The Kier molecular flexibility index (Phi) is 23.9. The Balaban J connectivity index is 0.988. The van der Waals surface area contributed by atoms with Gasteiger partial charge in [0.05, 0.1) is 35.5 Å². The molecule has 0 aliphatic carbocycles. The molecule has 0 N–H and O–H groups in total. The van der Waals surface area contributed by atoms with Gasteiger partial charge >= 0.3 is 23.9 Å². The van der Waals surface area contributed by atoms with Crippen molar-refractivity contribution in [2.24, 2.45) is 0 Å². The zero-order valence-corrected chi connectivity index (χ0v) is 40.5. The minimum atomic E-state index is -0.900. The molecule has 5 aromatic rings. The van der Waals surface area contributed by atoms with Gasteiger partial charge in [-0.25, -0.2) is 23.6 Å². The second kappa shape index (κ2) is 30.8. The standard InChI is InChI=1S/C58H69FO10/c1-3-5-7-9-11-13-15-17-19-21-40-64-47-34-36-50(37-35-47)66-55(60)44-26-30-48(31-27-44)67-57(62)46-24-23-25-52(42-46)69-56(61)45-28-32-49(33-29-45)68-58(63)53-39-38-51(43-54(53)59)65-41-22-20-18-16-14-12-10-8-6-4-2/h23-39,42-43H,3-22,40-41H2,1-2H3. The molecule has 0 unspecified atom stereocenters. The van der Waals surface area contributed by atoms with Gasteiger partial charge in [0.25, 0.3) is 0 Å². The first kappa shape index (κ1) is 53.5. The SMILES string of the molecule is CCCCCCCCCCCCOc1ccc(OC(=O)c2ccc(OC(=O)c3cccc(OC(=O)c4ccc(OC(=O)c5ccc(OCCCCCCCCCCCC)cc5F)cc4)c3)cc2)cc1. The van der Waals surface area contributed by atoms with Crippen LogP contribution in [0, 0.1) is 5.82 Å². The van der Waals surface area contributed by atoms with Crippen molar-refractivity contribution in [2.75, 3.05) is 13.2 Å². The third-order valence-corrected chi connectivity index (χ3v) is 11.6. The predicted molar refractivity (Wildman–Crippen MR) is 267 cm³/mol. The molecule has 0 heterocycles. The average molecular weight is 945 g/mol. The van der Waals surface area contributed by atoms with Crippen LogP contribution in [0.15, 0.2) is 115 Å². The van der Waals surface area contributed by atoms with Gasteiger partial charge in [-0.1, -0.05) is 135 Å². The van der Waals surface area contributed by atoms with E-state index in [4.69, 9.17) is 28.4 Å². The van der Waals surface area contributed by atoms with Gasteiger partial charge in [0.1, 0.15) is 40.3 Å². The number of carbonyl (C=O) groups is 4. The molecule has 0 spiro atoms. The summed E-state index contributed by atoms with van der Waals surface area (Å²) in [4.78, 5) is 51.6. The first-order valence-electron chi connectivity index (χ1n) is 25.1. The summed E-state index contributed by atoms with van der Waals surface area (Å²) < 4.78 is 48.4. The van der Waals surface area contributed by atoms with Crippen LogP contribution in [0.2, 0.25) is 0 Å². The summed E-state index contributed by atoms with van der Waals surface area (Å²) in [6, 6.07) is 28.4. The van der Waals surface area contributed by atoms with Crippen molar-refractivity contribution in [1.29, 1.82) is 0 Å². The topological polar surface area (TPSA) is 124 Å². The highest BCUT2D eigenvalue weighted by Crippen LogP contribution is 2.24. The third kappa shape index (κ3) is 19.9. The predicted octanol–water partition coefficient (Wildman–Crippen LogP) is 15.3. The molecule has 0 amide bonds. The van der Waals surface area contributed by atoms with Crippen molar-refractivity contribution in [1.82, 2.24) is 0 Å². The second-order valence-corrected chi connectivity index (χ2v) is 17.3. The fraction of sp³-hybridized carbons (Fsp3) is 0.414.